The van der Waals surface area contributed by atoms with E-state index in [0.29, 0.717) is 18.2 Å². The summed E-state index contributed by atoms with van der Waals surface area (Å²) in [4.78, 5) is 8.56. The molecule has 0 fully saturated rings. The Kier molecular flexibility index (Phi) is 3.11. The molecule has 0 radical (unpaired) electrons. The molecular formula is C14H19N3O. The fraction of sp³-hybridized carbons (Fsp3) is 0.429. The zero-order valence-electron chi connectivity index (χ0n) is 11.3. The zero-order chi connectivity index (χ0) is 13.3. The number of nitrogens with zero attached hydrogens (tertiary/aromatic N) is 2. The van der Waals surface area contributed by atoms with Gasteiger partial charge in [0.05, 0.1) is 17.5 Å². The van der Waals surface area contributed by atoms with Crippen LogP contribution in [0.4, 0.5) is 5.82 Å². The van der Waals surface area contributed by atoms with Crippen molar-refractivity contribution in [3.05, 3.63) is 24.0 Å². The van der Waals surface area contributed by atoms with Crippen LogP contribution in [0.3, 0.4) is 0 Å². The minimum atomic E-state index is 0.0997. The molecule has 0 aliphatic carbocycles. The van der Waals surface area contributed by atoms with Crippen molar-refractivity contribution in [1.82, 2.24) is 9.97 Å². The average Bonchev–Trinajstić information content (AvgIpc) is 2.24. The summed E-state index contributed by atoms with van der Waals surface area (Å²) in [6, 6.07) is 5.75. The number of aryl methyl sites for hydroxylation is 1. The third-order valence-electron chi connectivity index (χ3n) is 2.49. The highest BCUT2D eigenvalue weighted by Gasteiger charge is 2.14. The number of hydrogen-bond acceptors (Lipinski definition) is 4. The topological polar surface area (TPSA) is 61.0 Å². The summed E-state index contributed by atoms with van der Waals surface area (Å²) in [7, 11) is 0. The van der Waals surface area contributed by atoms with Crippen molar-refractivity contribution in [2.24, 2.45) is 5.41 Å². The van der Waals surface area contributed by atoms with Crippen molar-refractivity contribution in [1.29, 1.82) is 0 Å². The van der Waals surface area contributed by atoms with Crippen LogP contribution >= 0.6 is 0 Å². The molecule has 0 atom stereocenters. The first kappa shape index (κ1) is 12.6. The number of ether oxygens (including phenoxy) is 1. The van der Waals surface area contributed by atoms with Gasteiger partial charge in [-0.25, -0.2) is 9.97 Å². The van der Waals surface area contributed by atoms with E-state index >= 15 is 0 Å². The van der Waals surface area contributed by atoms with Gasteiger partial charge in [0.1, 0.15) is 17.4 Å². The number of anilines is 1. The third-order valence-corrected chi connectivity index (χ3v) is 2.49. The molecule has 2 N–H and O–H groups in total. The molecule has 0 unspecified atom stereocenters. The minimum Gasteiger partial charge on any atom is -0.492 e. The Labute approximate surface area is 107 Å². The SMILES string of the molecule is Cc1nc(N)c2c(OCC(C)(C)C)cccc2n1. The standard InChI is InChI=1S/C14H19N3O/c1-9-16-10-6-5-7-11(12(10)13(15)17-9)18-8-14(2,3)4/h5-7H,8H2,1-4H3,(H2,15,16,17). The number of rotatable bonds is 2. The molecule has 96 valence electrons. The zero-order valence-corrected chi connectivity index (χ0v) is 11.3. The van der Waals surface area contributed by atoms with Crippen molar-refractivity contribution in [3.8, 4) is 5.75 Å². The van der Waals surface area contributed by atoms with E-state index < -0.39 is 0 Å². The molecule has 4 heteroatoms. The van der Waals surface area contributed by atoms with Gasteiger partial charge in [-0.15, -0.1) is 0 Å². The molecule has 0 saturated carbocycles. The fourth-order valence-electron chi connectivity index (χ4n) is 1.71. The van der Waals surface area contributed by atoms with E-state index in [0.717, 1.165) is 16.7 Å². The Morgan fingerprint density at radius 3 is 2.61 bits per heavy atom. The molecule has 4 nitrogen and oxygen atoms in total. The molecule has 2 aromatic rings. The summed E-state index contributed by atoms with van der Waals surface area (Å²) in [6.07, 6.45) is 0. The number of nitrogens with two attached hydrogens (primary N) is 1. The Balaban J connectivity index is 2.45. The first-order valence-electron chi connectivity index (χ1n) is 6.02. The van der Waals surface area contributed by atoms with Crippen molar-refractivity contribution in [2.75, 3.05) is 12.3 Å². The van der Waals surface area contributed by atoms with Gasteiger partial charge < -0.3 is 10.5 Å². The summed E-state index contributed by atoms with van der Waals surface area (Å²) < 4.78 is 5.84. The number of nitrogen functional groups attached to an aromatic ring is 1. The van der Waals surface area contributed by atoms with Crippen molar-refractivity contribution in [3.63, 3.8) is 0 Å². The lowest BCUT2D eigenvalue weighted by Crippen LogP contribution is -2.17. The third kappa shape index (κ3) is 2.70. The van der Waals surface area contributed by atoms with Gasteiger partial charge in [0, 0.05) is 0 Å². The quantitative estimate of drug-likeness (QED) is 0.883. The second-order valence-corrected chi connectivity index (χ2v) is 5.66. The summed E-state index contributed by atoms with van der Waals surface area (Å²) in [5, 5.41) is 0.798. The van der Waals surface area contributed by atoms with Crippen LogP contribution in [0.2, 0.25) is 0 Å². The van der Waals surface area contributed by atoms with E-state index in [-0.39, 0.29) is 5.41 Å². The van der Waals surface area contributed by atoms with E-state index in [9.17, 15) is 0 Å². The van der Waals surface area contributed by atoms with Crippen LogP contribution in [-0.4, -0.2) is 16.6 Å². The maximum Gasteiger partial charge on any atom is 0.138 e. The molecular weight excluding hydrogens is 226 g/mol. The highest BCUT2D eigenvalue weighted by Crippen LogP contribution is 2.29. The molecule has 0 aliphatic heterocycles. The van der Waals surface area contributed by atoms with Gasteiger partial charge in [0.25, 0.3) is 0 Å². The first-order chi connectivity index (χ1) is 8.37. The molecule has 0 bridgehead atoms. The molecule has 1 aromatic carbocycles. The average molecular weight is 245 g/mol. The van der Waals surface area contributed by atoms with Crippen LogP contribution in [0.1, 0.15) is 26.6 Å². The molecule has 0 saturated heterocycles. The molecule has 1 heterocycles. The van der Waals surface area contributed by atoms with Gasteiger partial charge in [0.2, 0.25) is 0 Å². The Morgan fingerprint density at radius 1 is 1.22 bits per heavy atom. The molecule has 2 rings (SSSR count). The molecule has 0 spiro atoms. The molecule has 0 aliphatic rings. The lowest BCUT2D eigenvalue weighted by molar-refractivity contribution is 0.200. The van der Waals surface area contributed by atoms with E-state index in [4.69, 9.17) is 10.5 Å². The van der Waals surface area contributed by atoms with Crippen LogP contribution in [-0.2, 0) is 0 Å². The van der Waals surface area contributed by atoms with Crippen LogP contribution in [0.25, 0.3) is 10.9 Å². The van der Waals surface area contributed by atoms with Crippen LogP contribution in [0.15, 0.2) is 18.2 Å². The largest absolute Gasteiger partial charge is 0.492 e. The second kappa shape index (κ2) is 4.44. The second-order valence-electron chi connectivity index (χ2n) is 5.66. The predicted octanol–water partition coefficient (Wildman–Crippen LogP) is 2.95. The maximum atomic E-state index is 5.97. The summed E-state index contributed by atoms with van der Waals surface area (Å²) in [5.74, 6) is 1.90. The lowest BCUT2D eigenvalue weighted by Gasteiger charge is -2.19. The molecule has 0 amide bonds. The Hall–Kier alpha value is -1.84. The Bertz CT molecular complexity index is 573. The smallest absolute Gasteiger partial charge is 0.138 e. The first-order valence-corrected chi connectivity index (χ1v) is 6.02. The lowest BCUT2D eigenvalue weighted by atomic mass is 9.99. The number of benzene rings is 1. The van der Waals surface area contributed by atoms with Gasteiger partial charge in [-0.3, -0.25) is 0 Å². The number of fused-ring (bicyclic) bond motifs is 1. The van der Waals surface area contributed by atoms with Gasteiger partial charge in [-0.2, -0.15) is 0 Å². The van der Waals surface area contributed by atoms with Crippen LogP contribution in [0.5, 0.6) is 5.75 Å². The van der Waals surface area contributed by atoms with Crippen LogP contribution < -0.4 is 10.5 Å². The van der Waals surface area contributed by atoms with Gasteiger partial charge in [-0.05, 0) is 24.5 Å². The highest BCUT2D eigenvalue weighted by molar-refractivity contribution is 5.93. The van der Waals surface area contributed by atoms with Crippen LogP contribution in [0, 0.1) is 12.3 Å². The van der Waals surface area contributed by atoms with Crippen molar-refractivity contribution in [2.45, 2.75) is 27.7 Å². The van der Waals surface area contributed by atoms with Crippen molar-refractivity contribution >= 4 is 16.7 Å². The predicted molar refractivity (Wildman–Crippen MR) is 73.6 cm³/mol. The normalized spacial score (nSPS) is 11.8. The number of aromatic nitrogens is 2. The Morgan fingerprint density at radius 2 is 1.94 bits per heavy atom. The summed E-state index contributed by atoms with van der Waals surface area (Å²) in [6.45, 7) is 8.84. The van der Waals surface area contributed by atoms with E-state index in [1.54, 1.807) is 0 Å². The maximum absolute atomic E-state index is 5.97. The van der Waals surface area contributed by atoms with E-state index in [1.165, 1.54) is 0 Å². The monoisotopic (exact) mass is 245 g/mol. The highest BCUT2D eigenvalue weighted by atomic mass is 16.5. The van der Waals surface area contributed by atoms with Gasteiger partial charge in [0.15, 0.2) is 0 Å². The molecule has 1 aromatic heterocycles. The van der Waals surface area contributed by atoms with E-state index in [1.807, 2.05) is 25.1 Å². The number of hydrogen-bond donors (Lipinski definition) is 1. The fourth-order valence-corrected chi connectivity index (χ4v) is 1.71. The van der Waals surface area contributed by atoms with Gasteiger partial charge in [-0.1, -0.05) is 26.8 Å². The van der Waals surface area contributed by atoms with Gasteiger partial charge >= 0.3 is 0 Å². The van der Waals surface area contributed by atoms with E-state index in [2.05, 4.69) is 30.7 Å². The summed E-state index contributed by atoms with van der Waals surface area (Å²) in [5.41, 5.74) is 6.89. The minimum absolute atomic E-state index is 0.0997. The molecule has 18 heavy (non-hydrogen) atoms. The summed E-state index contributed by atoms with van der Waals surface area (Å²) >= 11 is 0. The van der Waals surface area contributed by atoms with Crippen molar-refractivity contribution < 1.29 is 4.74 Å².